The predicted octanol–water partition coefficient (Wildman–Crippen LogP) is 2.79. The number of piperidine rings is 1. The maximum atomic E-state index is 12.4. The van der Waals surface area contributed by atoms with E-state index in [0.717, 1.165) is 32.4 Å². The zero-order valence-electron chi connectivity index (χ0n) is 13.2. The summed E-state index contributed by atoms with van der Waals surface area (Å²) in [6, 6.07) is 2.05. The highest BCUT2D eigenvalue weighted by Crippen LogP contribution is 2.58. The van der Waals surface area contributed by atoms with Gasteiger partial charge in [-0.2, -0.15) is 5.10 Å². The van der Waals surface area contributed by atoms with Crippen molar-refractivity contribution in [2.45, 2.75) is 57.3 Å². The van der Waals surface area contributed by atoms with E-state index in [1.807, 2.05) is 6.07 Å². The third kappa shape index (κ3) is 2.67. The summed E-state index contributed by atoms with van der Waals surface area (Å²) in [4.78, 5) is 12.4. The van der Waals surface area contributed by atoms with Gasteiger partial charge in [-0.3, -0.25) is 9.89 Å². The molecule has 3 fully saturated rings. The van der Waals surface area contributed by atoms with Crippen molar-refractivity contribution in [1.82, 2.24) is 15.5 Å². The van der Waals surface area contributed by atoms with E-state index in [2.05, 4.69) is 20.8 Å². The van der Waals surface area contributed by atoms with Crippen LogP contribution in [0.5, 0.6) is 0 Å². The van der Waals surface area contributed by atoms with E-state index in [-0.39, 0.29) is 17.2 Å². The fourth-order valence-electron chi connectivity index (χ4n) is 4.43. The summed E-state index contributed by atoms with van der Waals surface area (Å²) in [5, 5.41) is 13.9. The first-order valence-electron chi connectivity index (χ1n) is 8.84. The molecule has 5 nitrogen and oxygen atoms in total. The molecule has 0 aromatic carbocycles. The van der Waals surface area contributed by atoms with Gasteiger partial charge in [0, 0.05) is 23.6 Å². The average Bonchev–Trinajstić information content (AvgIpc) is 3.04. The zero-order chi connectivity index (χ0) is 15.0. The van der Waals surface area contributed by atoms with Crippen molar-refractivity contribution >= 4 is 11.7 Å². The molecule has 1 aromatic heterocycles. The van der Waals surface area contributed by atoms with Gasteiger partial charge in [0.25, 0.3) is 0 Å². The van der Waals surface area contributed by atoms with Crippen LogP contribution in [0, 0.1) is 11.3 Å². The summed E-state index contributed by atoms with van der Waals surface area (Å²) in [5.74, 6) is 1.68. The minimum Gasteiger partial charge on any atom is -0.317 e. The van der Waals surface area contributed by atoms with E-state index >= 15 is 0 Å². The van der Waals surface area contributed by atoms with Gasteiger partial charge in [0.2, 0.25) is 5.91 Å². The number of hydrogen-bond donors (Lipinski definition) is 3. The molecule has 1 saturated heterocycles. The Balaban J connectivity index is 1.35. The van der Waals surface area contributed by atoms with Crippen LogP contribution in [0.3, 0.4) is 0 Å². The number of rotatable bonds is 3. The van der Waals surface area contributed by atoms with E-state index in [9.17, 15) is 4.79 Å². The molecule has 1 unspecified atom stereocenters. The molecule has 2 aliphatic carbocycles. The minimum absolute atomic E-state index is 0.170. The molecule has 1 spiro atoms. The SMILES string of the molecule is O=C(Nc1cc(C2CCCCC2)[nH]n1)C1CC12CCNCC2. The van der Waals surface area contributed by atoms with E-state index in [4.69, 9.17) is 0 Å². The van der Waals surface area contributed by atoms with E-state index in [0.29, 0.717) is 11.7 Å². The van der Waals surface area contributed by atoms with Crippen molar-refractivity contribution in [3.05, 3.63) is 11.8 Å². The van der Waals surface area contributed by atoms with Gasteiger partial charge >= 0.3 is 0 Å². The molecule has 22 heavy (non-hydrogen) atoms. The lowest BCUT2D eigenvalue weighted by atomic mass is 9.87. The number of anilines is 1. The van der Waals surface area contributed by atoms with Crippen LogP contribution in [0.4, 0.5) is 5.82 Å². The van der Waals surface area contributed by atoms with Crippen molar-refractivity contribution in [1.29, 1.82) is 0 Å². The lowest BCUT2D eigenvalue weighted by Crippen LogP contribution is -2.31. The molecule has 4 rings (SSSR count). The molecule has 3 aliphatic rings. The summed E-state index contributed by atoms with van der Waals surface area (Å²) in [6.07, 6.45) is 9.79. The van der Waals surface area contributed by atoms with E-state index < -0.39 is 0 Å². The molecule has 5 heteroatoms. The zero-order valence-corrected chi connectivity index (χ0v) is 13.2. The molecule has 1 amide bonds. The highest BCUT2D eigenvalue weighted by molar-refractivity contribution is 5.94. The minimum atomic E-state index is 0.170. The van der Waals surface area contributed by atoms with Crippen LogP contribution in [-0.2, 0) is 4.79 Å². The van der Waals surface area contributed by atoms with Gasteiger partial charge in [-0.15, -0.1) is 0 Å². The van der Waals surface area contributed by atoms with Crippen LogP contribution in [0.1, 0.15) is 63.0 Å². The standard InChI is InChI=1S/C17H26N4O/c22-16(13-11-17(13)6-8-18-9-7-17)19-15-10-14(20-21-15)12-4-2-1-3-5-12/h10,12-13,18H,1-9,11H2,(H2,19,20,21,22). The van der Waals surface area contributed by atoms with Crippen molar-refractivity contribution in [3.8, 4) is 0 Å². The Morgan fingerprint density at radius 3 is 2.77 bits per heavy atom. The first kappa shape index (κ1) is 14.2. The molecule has 2 saturated carbocycles. The number of amides is 1. The Hall–Kier alpha value is -1.36. The monoisotopic (exact) mass is 302 g/mol. The van der Waals surface area contributed by atoms with E-state index in [1.165, 1.54) is 37.8 Å². The maximum Gasteiger partial charge on any atom is 0.229 e. The summed E-state index contributed by atoms with van der Waals surface area (Å²) in [7, 11) is 0. The molecule has 0 radical (unpaired) electrons. The van der Waals surface area contributed by atoms with Crippen LogP contribution in [0.25, 0.3) is 0 Å². The molecule has 120 valence electrons. The average molecular weight is 302 g/mol. The van der Waals surface area contributed by atoms with Gasteiger partial charge in [-0.05, 0) is 50.6 Å². The summed E-state index contributed by atoms with van der Waals surface area (Å²) >= 11 is 0. The fourth-order valence-corrected chi connectivity index (χ4v) is 4.43. The van der Waals surface area contributed by atoms with Crippen molar-refractivity contribution in [2.75, 3.05) is 18.4 Å². The second-order valence-corrected chi connectivity index (χ2v) is 7.40. The van der Waals surface area contributed by atoms with Crippen LogP contribution < -0.4 is 10.6 Å². The Morgan fingerprint density at radius 1 is 1.23 bits per heavy atom. The van der Waals surface area contributed by atoms with Gasteiger partial charge in [-0.1, -0.05) is 19.3 Å². The summed E-state index contributed by atoms with van der Waals surface area (Å²) in [5.41, 5.74) is 1.49. The van der Waals surface area contributed by atoms with Crippen LogP contribution in [0.2, 0.25) is 0 Å². The lowest BCUT2D eigenvalue weighted by molar-refractivity contribution is -0.118. The molecular weight excluding hydrogens is 276 g/mol. The Bertz CT molecular complexity index is 541. The van der Waals surface area contributed by atoms with Crippen molar-refractivity contribution in [2.24, 2.45) is 11.3 Å². The first-order valence-corrected chi connectivity index (χ1v) is 8.84. The van der Waals surface area contributed by atoms with Gasteiger partial charge in [0.1, 0.15) is 0 Å². The number of nitrogens with one attached hydrogen (secondary N) is 3. The predicted molar refractivity (Wildman–Crippen MR) is 85.7 cm³/mol. The second kappa shape index (κ2) is 5.69. The molecule has 1 atom stereocenters. The largest absolute Gasteiger partial charge is 0.317 e. The van der Waals surface area contributed by atoms with Gasteiger partial charge in [-0.25, -0.2) is 0 Å². The molecule has 2 heterocycles. The number of H-pyrrole nitrogens is 1. The number of aromatic nitrogens is 2. The molecule has 0 bridgehead atoms. The smallest absolute Gasteiger partial charge is 0.229 e. The number of carbonyl (C=O) groups excluding carboxylic acids is 1. The Labute approximate surface area is 131 Å². The molecule has 1 aromatic rings. The maximum absolute atomic E-state index is 12.4. The number of hydrogen-bond acceptors (Lipinski definition) is 3. The van der Waals surface area contributed by atoms with E-state index in [1.54, 1.807) is 0 Å². The topological polar surface area (TPSA) is 69.8 Å². The van der Waals surface area contributed by atoms with Crippen LogP contribution in [0.15, 0.2) is 6.07 Å². The third-order valence-corrected chi connectivity index (χ3v) is 6.00. The molecular formula is C17H26N4O. The van der Waals surface area contributed by atoms with Crippen molar-refractivity contribution in [3.63, 3.8) is 0 Å². The van der Waals surface area contributed by atoms with Crippen molar-refractivity contribution < 1.29 is 4.79 Å². The van der Waals surface area contributed by atoms with Crippen LogP contribution in [-0.4, -0.2) is 29.2 Å². The lowest BCUT2D eigenvalue weighted by Gasteiger charge is -2.23. The van der Waals surface area contributed by atoms with Gasteiger partial charge in [0.15, 0.2) is 5.82 Å². The quantitative estimate of drug-likeness (QED) is 0.804. The highest BCUT2D eigenvalue weighted by Gasteiger charge is 2.57. The first-order chi connectivity index (χ1) is 10.8. The number of aromatic amines is 1. The Kier molecular flexibility index (Phi) is 3.68. The third-order valence-electron chi connectivity index (χ3n) is 6.00. The summed E-state index contributed by atoms with van der Waals surface area (Å²) < 4.78 is 0. The molecule has 3 N–H and O–H groups in total. The van der Waals surface area contributed by atoms with Crippen LogP contribution >= 0.6 is 0 Å². The molecule has 1 aliphatic heterocycles. The fraction of sp³-hybridized carbons (Fsp3) is 0.765. The van der Waals surface area contributed by atoms with Gasteiger partial charge in [0.05, 0.1) is 0 Å². The highest BCUT2D eigenvalue weighted by atomic mass is 16.2. The number of carbonyl (C=O) groups is 1. The summed E-state index contributed by atoms with van der Waals surface area (Å²) in [6.45, 7) is 2.11. The number of nitrogens with zero attached hydrogens (tertiary/aromatic N) is 1. The Morgan fingerprint density at radius 2 is 2.00 bits per heavy atom. The van der Waals surface area contributed by atoms with Gasteiger partial charge < -0.3 is 10.6 Å². The second-order valence-electron chi connectivity index (χ2n) is 7.40. The normalized spacial score (nSPS) is 27.7.